The zero-order chi connectivity index (χ0) is 32.0. The molecule has 0 saturated carbocycles. The molecule has 0 spiro atoms. The van der Waals surface area contributed by atoms with E-state index in [-0.39, 0.29) is 11.3 Å². The molecule has 0 atom stereocenters. The molecule has 0 bridgehead atoms. The van der Waals surface area contributed by atoms with Crippen LogP contribution < -0.4 is 14.8 Å². The van der Waals surface area contributed by atoms with Gasteiger partial charge in [0.2, 0.25) is 5.91 Å². The summed E-state index contributed by atoms with van der Waals surface area (Å²) in [5.41, 5.74) is 5.21. The van der Waals surface area contributed by atoms with Crippen LogP contribution in [0.2, 0.25) is 0 Å². The van der Waals surface area contributed by atoms with Gasteiger partial charge in [0.25, 0.3) is 0 Å². The Bertz CT molecular complexity index is 1410. The van der Waals surface area contributed by atoms with E-state index in [9.17, 15) is 4.79 Å². The summed E-state index contributed by atoms with van der Waals surface area (Å²) in [7, 11) is 3.39. The van der Waals surface area contributed by atoms with Gasteiger partial charge < -0.3 is 19.7 Å². The van der Waals surface area contributed by atoms with Crippen LogP contribution in [0.3, 0.4) is 0 Å². The molecule has 0 radical (unpaired) electrons. The minimum atomic E-state index is -0.0994. The maximum atomic E-state index is 12.7. The van der Waals surface area contributed by atoms with Crippen molar-refractivity contribution in [3.63, 3.8) is 0 Å². The van der Waals surface area contributed by atoms with Crippen molar-refractivity contribution in [1.82, 2.24) is 10.2 Å². The molecular formula is C41H50N2O3. The topological polar surface area (TPSA) is 50.8 Å². The van der Waals surface area contributed by atoms with Crippen LogP contribution in [0.1, 0.15) is 73.1 Å². The summed E-state index contributed by atoms with van der Waals surface area (Å²) in [6, 6.07) is 38.6. The molecule has 1 heterocycles. The Morgan fingerprint density at radius 3 is 1.85 bits per heavy atom. The molecule has 242 valence electrons. The Kier molecular flexibility index (Phi) is 12.3. The van der Waals surface area contributed by atoms with Gasteiger partial charge in [0.15, 0.2) is 0 Å². The van der Waals surface area contributed by atoms with E-state index in [2.05, 4.69) is 95.1 Å². The van der Waals surface area contributed by atoms with Gasteiger partial charge in [0.1, 0.15) is 11.5 Å². The van der Waals surface area contributed by atoms with Crippen LogP contribution in [0.25, 0.3) is 0 Å². The summed E-state index contributed by atoms with van der Waals surface area (Å²) in [6.45, 7) is 4.08. The van der Waals surface area contributed by atoms with Crippen LogP contribution in [0.5, 0.6) is 11.5 Å². The molecule has 1 N–H and O–H groups in total. The summed E-state index contributed by atoms with van der Waals surface area (Å²) in [6.07, 6.45) is 7.73. The molecule has 0 unspecified atom stereocenters. The van der Waals surface area contributed by atoms with Crippen LogP contribution in [0, 0.1) is 0 Å². The van der Waals surface area contributed by atoms with E-state index in [1.54, 1.807) is 14.2 Å². The monoisotopic (exact) mass is 618 g/mol. The van der Waals surface area contributed by atoms with E-state index in [1.807, 2.05) is 24.3 Å². The van der Waals surface area contributed by atoms with Crippen molar-refractivity contribution >= 4 is 5.91 Å². The molecule has 1 aliphatic heterocycles. The number of rotatable bonds is 16. The number of ether oxygens (including phenoxy) is 2. The van der Waals surface area contributed by atoms with Crippen molar-refractivity contribution < 1.29 is 14.3 Å². The van der Waals surface area contributed by atoms with Crippen LogP contribution in [-0.2, 0) is 16.6 Å². The van der Waals surface area contributed by atoms with Crippen molar-refractivity contribution in [2.75, 3.05) is 40.4 Å². The number of benzene rings is 4. The quantitative estimate of drug-likeness (QED) is 0.129. The third-order valence-corrected chi connectivity index (χ3v) is 9.81. The molecule has 5 nitrogen and oxygen atoms in total. The Morgan fingerprint density at radius 2 is 1.28 bits per heavy atom. The first-order valence-electron chi connectivity index (χ1n) is 17.0. The van der Waals surface area contributed by atoms with E-state index in [0.29, 0.717) is 18.9 Å². The van der Waals surface area contributed by atoms with Crippen molar-refractivity contribution in [2.24, 2.45) is 0 Å². The summed E-state index contributed by atoms with van der Waals surface area (Å²) in [5, 5.41) is 3.20. The fourth-order valence-corrected chi connectivity index (χ4v) is 7.11. The van der Waals surface area contributed by atoms with Crippen molar-refractivity contribution in [2.45, 2.75) is 62.7 Å². The standard InChI is InChI=1S/C41H50N2O3/c1-45-38-20-15-33(16-21-38)17-24-40(44)42-29-9-27-41(36-11-5-3-6-12-36,37-13-7-4-8-14-37)28-10-30-43-31-25-35(26-32-43)34-18-22-39(46-2)23-19-34/h3-8,11-16,18-23,35H,9-10,17,24-32H2,1-2H3,(H,42,44). The van der Waals surface area contributed by atoms with E-state index in [4.69, 9.17) is 9.47 Å². The van der Waals surface area contributed by atoms with Gasteiger partial charge in [-0.1, -0.05) is 84.9 Å². The number of hydrogen-bond donors (Lipinski definition) is 1. The average Bonchev–Trinajstić information content (AvgIpc) is 3.13. The Hall–Kier alpha value is -4.09. The summed E-state index contributed by atoms with van der Waals surface area (Å²) in [4.78, 5) is 15.4. The van der Waals surface area contributed by atoms with Crippen molar-refractivity contribution in [1.29, 1.82) is 0 Å². The maximum Gasteiger partial charge on any atom is 0.220 e. The number of carbonyl (C=O) groups is 1. The second-order valence-electron chi connectivity index (χ2n) is 12.6. The minimum Gasteiger partial charge on any atom is -0.497 e. The fourth-order valence-electron chi connectivity index (χ4n) is 7.11. The predicted molar refractivity (Wildman–Crippen MR) is 188 cm³/mol. The first-order chi connectivity index (χ1) is 22.6. The molecular weight excluding hydrogens is 568 g/mol. The number of carbonyl (C=O) groups excluding carboxylic acids is 1. The van der Waals surface area contributed by atoms with Gasteiger partial charge in [-0.15, -0.1) is 0 Å². The van der Waals surface area contributed by atoms with Crippen LogP contribution in [0.15, 0.2) is 109 Å². The zero-order valence-corrected chi connectivity index (χ0v) is 27.6. The molecule has 1 saturated heterocycles. The number of likely N-dealkylation sites (tertiary alicyclic amines) is 1. The number of aryl methyl sites for hydroxylation is 1. The molecule has 1 aliphatic rings. The van der Waals surface area contributed by atoms with Crippen molar-refractivity contribution in [3.05, 3.63) is 131 Å². The number of amides is 1. The lowest BCUT2D eigenvalue weighted by atomic mass is 9.68. The molecule has 1 amide bonds. The highest BCUT2D eigenvalue weighted by Crippen LogP contribution is 2.41. The average molecular weight is 619 g/mol. The molecule has 5 heteroatoms. The highest BCUT2D eigenvalue weighted by Gasteiger charge is 2.33. The Balaban J connectivity index is 1.18. The molecule has 46 heavy (non-hydrogen) atoms. The Morgan fingerprint density at radius 1 is 0.739 bits per heavy atom. The van der Waals surface area contributed by atoms with Gasteiger partial charge >= 0.3 is 0 Å². The summed E-state index contributed by atoms with van der Waals surface area (Å²) in [5.74, 6) is 2.50. The summed E-state index contributed by atoms with van der Waals surface area (Å²) < 4.78 is 10.6. The Labute approximate surface area is 275 Å². The fraction of sp³-hybridized carbons (Fsp3) is 0.390. The normalized spacial score (nSPS) is 14.1. The summed E-state index contributed by atoms with van der Waals surface area (Å²) >= 11 is 0. The van der Waals surface area contributed by atoms with Crippen molar-refractivity contribution in [3.8, 4) is 11.5 Å². The number of nitrogens with zero attached hydrogens (tertiary/aromatic N) is 1. The molecule has 4 aromatic rings. The number of nitrogens with one attached hydrogen (secondary N) is 1. The lowest BCUT2D eigenvalue weighted by molar-refractivity contribution is -0.121. The first-order valence-corrected chi connectivity index (χ1v) is 17.0. The first kappa shape index (κ1) is 33.3. The van der Waals surface area contributed by atoms with E-state index < -0.39 is 0 Å². The number of hydrogen-bond acceptors (Lipinski definition) is 4. The van der Waals surface area contributed by atoms with E-state index in [1.165, 1.54) is 29.5 Å². The minimum absolute atomic E-state index is 0.0994. The highest BCUT2D eigenvalue weighted by atomic mass is 16.5. The van der Waals surface area contributed by atoms with Crippen LogP contribution in [0.4, 0.5) is 0 Å². The lowest BCUT2D eigenvalue weighted by Gasteiger charge is -2.37. The molecule has 4 aromatic carbocycles. The smallest absolute Gasteiger partial charge is 0.220 e. The highest BCUT2D eigenvalue weighted by molar-refractivity contribution is 5.76. The van der Waals surface area contributed by atoms with Crippen LogP contribution in [-0.4, -0.2) is 51.2 Å². The van der Waals surface area contributed by atoms with Gasteiger partial charge in [0, 0.05) is 18.4 Å². The third kappa shape index (κ3) is 9.01. The van der Waals surface area contributed by atoms with Gasteiger partial charge in [-0.2, -0.15) is 0 Å². The van der Waals surface area contributed by atoms with Gasteiger partial charge in [0.05, 0.1) is 14.2 Å². The molecule has 0 aliphatic carbocycles. The molecule has 5 rings (SSSR count). The zero-order valence-electron chi connectivity index (χ0n) is 27.6. The SMILES string of the molecule is COc1ccc(CCC(=O)NCCCC(CCCN2CCC(c3ccc(OC)cc3)CC2)(c2ccccc2)c2ccccc2)cc1. The van der Waals surface area contributed by atoms with Gasteiger partial charge in [-0.3, -0.25) is 4.79 Å². The van der Waals surface area contributed by atoms with E-state index in [0.717, 1.165) is 68.8 Å². The third-order valence-electron chi connectivity index (χ3n) is 9.81. The molecule has 1 fully saturated rings. The largest absolute Gasteiger partial charge is 0.497 e. The maximum absolute atomic E-state index is 12.7. The predicted octanol–water partition coefficient (Wildman–Crippen LogP) is 8.18. The van der Waals surface area contributed by atoms with Gasteiger partial charge in [-0.05, 0) is 117 Å². The second kappa shape index (κ2) is 17.0. The van der Waals surface area contributed by atoms with E-state index >= 15 is 0 Å². The number of methoxy groups -OCH3 is 2. The lowest BCUT2D eigenvalue weighted by Crippen LogP contribution is -2.35. The second-order valence-corrected chi connectivity index (χ2v) is 12.6. The molecule has 0 aromatic heterocycles. The van der Waals surface area contributed by atoms with Crippen LogP contribution >= 0.6 is 0 Å². The van der Waals surface area contributed by atoms with Gasteiger partial charge in [-0.25, -0.2) is 0 Å². The number of piperidine rings is 1.